The number of hydrogen-bond acceptors (Lipinski definition) is 8. The van der Waals surface area contributed by atoms with Crippen LogP contribution in [0.1, 0.15) is 20.3 Å². The van der Waals surface area contributed by atoms with Crippen molar-refractivity contribution in [2.24, 2.45) is 5.84 Å². The quantitative estimate of drug-likeness (QED) is 0.625. The first-order valence-electron chi connectivity index (χ1n) is 6.20. The molecule has 2 heterocycles. The van der Waals surface area contributed by atoms with Crippen molar-refractivity contribution in [2.75, 3.05) is 36.3 Å². The monoisotopic (exact) mass is 284 g/mol. The van der Waals surface area contributed by atoms with Crippen molar-refractivity contribution in [3.63, 3.8) is 0 Å². The lowest BCUT2D eigenvalue weighted by Gasteiger charge is -2.22. The topological polar surface area (TPSA) is 89.2 Å². The largest absolute Gasteiger partial charge is 0.467 e. The molecule has 0 amide bonds. The zero-order valence-electron chi connectivity index (χ0n) is 11.5. The van der Waals surface area contributed by atoms with Crippen molar-refractivity contribution in [1.82, 2.24) is 15.0 Å². The number of aromatic nitrogens is 3. The van der Waals surface area contributed by atoms with E-state index in [1.54, 1.807) is 0 Å². The number of hydrazine groups is 1. The number of anilines is 2. The summed E-state index contributed by atoms with van der Waals surface area (Å²) in [7, 11) is 1.53. The summed E-state index contributed by atoms with van der Waals surface area (Å²) in [6, 6.07) is 0.272. The van der Waals surface area contributed by atoms with Gasteiger partial charge in [-0.2, -0.15) is 26.7 Å². The van der Waals surface area contributed by atoms with Crippen LogP contribution in [0.5, 0.6) is 6.01 Å². The molecule has 8 heteroatoms. The molecule has 1 saturated heterocycles. The molecule has 0 unspecified atom stereocenters. The summed E-state index contributed by atoms with van der Waals surface area (Å²) in [6.07, 6.45) is 1.08. The van der Waals surface area contributed by atoms with Crippen molar-refractivity contribution in [3.8, 4) is 6.01 Å². The summed E-state index contributed by atoms with van der Waals surface area (Å²) in [6.45, 7) is 6.35. The highest BCUT2D eigenvalue weighted by Crippen LogP contribution is 2.31. The predicted molar refractivity (Wildman–Crippen MR) is 77.6 cm³/mol. The van der Waals surface area contributed by atoms with Crippen LogP contribution >= 0.6 is 11.8 Å². The molecular formula is C11H20N6OS. The van der Waals surface area contributed by atoms with E-state index in [2.05, 4.69) is 39.1 Å². The number of nitrogen functional groups attached to an aromatic ring is 1. The van der Waals surface area contributed by atoms with E-state index in [0.717, 1.165) is 25.3 Å². The fourth-order valence-corrected chi connectivity index (χ4v) is 2.96. The molecule has 0 aromatic carbocycles. The molecule has 0 radical (unpaired) electrons. The lowest BCUT2D eigenvalue weighted by Crippen LogP contribution is -2.29. The van der Waals surface area contributed by atoms with Gasteiger partial charge in [-0.05, 0) is 6.42 Å². The van der Waals surface area contributed by atoms with Gasteiger partial charge in [0.15, 0.2) is 0 Å². The van der Waals surface area contributed by atoms with Crippen LogP contribution in [0.15, 0.2) is 0 Å². The third-order valence-electron chi connectivity index (χ3n) is 3.04. The molecule has 0 spiro atoms. The first kappa shape index (κ1) is 14.1. The summed E-state index contributed by atoms with van der Waals surface area (Å²) < 4.78 is 5.36. The Labute approximate surface area is 117 Å². The molecule has 1 aromatic heterocycles. The second-order valence-corrected chi connectivity index (χ2v) is 6.74. The van der Waals surface area contributed by atoms with Gasteiger partial charge in [0.25, 0.3) is 0 Å². The Morgan fingerprint density at radius 1 is 1.32 bits per heavy atom. The Kier molecular flexibility index (Phi) is 4.31. The number of nitrogens with two attached hydrogens (primary N) is 1. The summed E-state index contributed by atoms with van der Waals surface area (Å²) in [5.74, 6) is 7.34. The van der Waals surface area contributed by atoms with Crippen molar-refractivity contribution in [2.45, 2.75) is 25.0 Å². The minimum atomic E-state index is 0.272. The van der Waals surface area contributed by atoms with Gasteiger partial charge in [-0.25, -0.2) is 5.84 Å². The molecule has 0 bridgehead atoms. The SMILES string of the molecule is COc1nc(NN)nc(N2CCSC(C)(C)CC2)n1. The first-order valence-corrected chi connectivity index (χ1v) is 7.18. The highest BCUT2D eigenvalue weighted by molar-refractivity contribution is 8.00. The zero-order chi connectivity index (χ0) is 13.9. The van der Waals surface area contributed by atoms with Crippen LogP contribution in [0.4, 0.5) is 11.9 Å². The lowest BCUT2D eigenvalue weighted by molar-refractivity contribution is 0.378. The third-order valence-corrected chi connectivity index (χ3v) is 4.41. The molecule has 7 nitrogen and oxygen atoms in total. The third kappa shape index (κ3) is 3.60. The number of methoxy groups -OCH3 is 1. The smallest absolute Gasteiger partial charge is 0.322 e. The predicted octanol–water partition coefficient (Wildman–Crippen LogP) is 0.888. The molecule has 0 aliphatic carbocycles. The average molecular weight is 284 g/mol. The second-order valence-electron chi connectivity index (χ2n) is 4.94. The van der Waals surface area contributed by atoms with E-state index in [9.17, 15) is 0 Å². The van der Waals surface area contributed by atoms with Gasteiger partial charge in [0.1, 0.15) is 0 Å². The van der Waals surface area contributed by atoms with Crippen molar-refractivity contribution in [3.05, 3.63) is 0 Å². The highest BCUT2D eigenvalue weighted by atomic mass is 32.2. The minimum absolute atomic E-state index is 0.272. The molecule has 2 rings (SSSR count). The van der Waals surface area contributed by atoms with Crippen LogP contribution in [0.25, 0.3) is 0 Å². The maximum Gasteiger partial charge on any atom is 0.322 e. The Balaban J connectivity index is 2.21. The summed E-state index contributed by atoms with van der Waals surface area (Å²) in [5, 5.41) is 0. The van der Waals surface area contributed by atoms with E-state index in [1.807, 2.05) is 11.8 Å². The van der Waals surface area contributed by atoms with Crippen molar-refractivity contribution >= 4 is 23.7 Å². The maximum atomic E-state index is 5.36. The lowest BCUT2D eigenvalue weighted by atomic mass is 10.1. The Morgan fingerprint density at radius 3 is 2.79 bits per heavy atom. The van der Waals surface area contributed by atoms with Gasteiger partial charge >= 0.3 is 6.01 Å². The highest BCUT2D eigenvalue weighted by Gasteiger charge is 2.25. The Morgan fingerprint density at radius 2 is 2.11 bits per heavy atom. The molecule has 3 N–H and O–H groups in total. The number of thioether (sulfide) groups is 1. The Bertz CT molecular complexity index is 419. The first-order chi connectivity index (χ1) is 9.04. The van der Waals surface area contributed by atoms with Gasteiger partial charge in [-0.3, -0.25) is 5.43 Å². The van der Waals surface area contributed by atoms with E-state index in [0.29, 0.717) is 16.6 Å². The number of rotatable bonds is 3. The second kappa shape index (κ2) is 5.79. The maximum absolute atomic E-state index is 5.36. The average Bonchev–Trinajstić information content (AvgIpc) is 2.59. The van der Waals surface area contributed by atoms with Gasteiger partial charge in [0.05, 0.1) is 7.11 Å². The molecule has 1 aliphatic rings. The number of nitrogens with zero attached hydrogens (tertiary/aromatic N) is 4. The summed E-state index contributed by atoms with van der Waals surface area (Å²) in [5.41, 5.74) is 2.44. The van der Waals surface area contributed by atoms with Crippen LogP contribution in [-0.4, -0.2) is 45.7 Å². The van der Waals surface area contributed by atoms with Crippen molar-refractivity contribution in [1.29, 1.82) is 0 Å². The zero-order valence-corrected chi connectivity index (χ0v) is 12.3. The molecule has 1 fully saturated rings. The van der Waals surface area contributed by atoms with Gasteiger partial charge in [-0.1, -0.05) is 13.8 Å². The fourth-order valence-electron chi connectivity index (χ4n) is 1.86. The standard InChI is InChI=1S/C11H20N6OS/c1-11(2)4-5-17(6-7-19-11)9-13-8(16-12)14-10(15-9)18-3/h4-7,12H2,1-3H3,(H,13,14,15,16). The van der Waals surface area contributed by atoms with Gasteiger partial charge in [0, 0.05) is 23.6 Å². The van der Waals surface area contributed by atoms with Crippen LogP contribution in [0.3, 0.4) is 0 Å². The van der Waals surface area contributed by atoms with Crippen LogP contribution in [0, 0.1) is 0 Å². The van der Waals surface area contributed by atoms with Crippen LogP contribution < -0.4 is 20.9 Å². The summed E-state index contributed by atoms with van der Waals surface area (Å²) >= 11 is 1.98. The molecule has 106 valence electrons. The van der Waals surface area contributed by atoms with Gasteiger partial charge in [0.2, 0.25) is 11.9 Å². The normalized spacial score (nSPS) is 18.8. The molecular weight excluding hydrogens is 264 g/mol. The molecule has 19 heavy (non-hydrogen) atoms. The van der Waals surface area contributed by atoms with Crippen LogP contribution in [-0.2, 0) is 0 Å². The minimum Gasteiger partial charge on any atom is -0.467 e. The van der Waals surface area contributed by atoms with E-state index >= 15 is 0 Å². The van der Waals surface area contributed by atoms with Crippen molar-refractivity contribution < 1.29 is 4.74 Å². The van der Waals surface area contributed by atoms with E-state index in [4.69, 9.17) is 10.6 Å². The van der Waals surface area contributed by atoms with E-state index < -0.39 is 0 Å². The summed E-state index contributed by atoms with van der Waals surface area (Å²) in [4.78, 5) is 14.7. The van der Waals surface area contributed by atoms with Gasteiger partial charge < -0.3 is 9.64 Å². The number of ether oxygens (including phenoxy) is 1. The number of hydrogen-bond donors (Lipinski definition) is 2. The van der Waals surface area contributed by atoms with Crippen LogP contribution in [0.2, 0.25) is 0 Å². The molecule has 0 atom stereocenters. The number of nitrogens with one attached hydrogen (secondary N) is 1. The van der Waals surface area contributed by atoms with Gasteiger partial charge in [-0.15, -0.1) is 0 Å². The molecule has 0 saturated carbocycles. The van der Waals surface area contributed by atoms with E-state index in [-0.39, 0.29) is 6.01 Å². The Hall–Kier alpha value is -1.28. The molecule has 1 aliphatic heterocycles. The molecule has 1 aromatic rings. The van der Waals surface area contributed by atoms with E-state index in [1.165, 1.54) is 7.11 Å². The fraction of sp³-hybridized carbons (Fsp3) is 0.727.